The normalized spacial score (nSPS) is 14.7. The van der Waals surface area contributed by atoms with Gasteiger partial charge < -0.3 is 20.5 Å². The molecule has 2 atom stereocenters. The van der Waals surface area contributed by atoms with Gasteiger partial charge in [0.05, 0.1) is 0 Å². The van der Waals surface area contributed by atoms with E-state index in [1.54, 1.807) is 20.8 Å². The van der Waals surface area contributed by atoms with Crippen molar-refractivity contribution in [2.45, 2.75) is 45.7 Å². The van der Waals surface area contributed by atoms with Crippen molar-refractivity contribution in [2.75, 3.05) is 6.61 Å². The average Bonchev–Trinajstić information content (AvgIpc) is 3.03. The van der Waals surface area contributed by atoms with Gasteiger partial charge in [-0.2, -0.15) is 0 Å². The first-order valence-corrected chi connectivity index (χ1v) is 10.2. The van der Waals surface area contributed by atoms with Crippen molar-refractivity contribution >= 4 is 18.0 Å². The number of carbonyl (C=O) groups is 3. The summed E-state index contributed by atoms with van der Waals surface area (Å²) in [4.78, 5) is 36.2. The molecule has 0 radical (unpaired) electrons. The second kappa shape index (κ2) is 8.79. The number of hydrogen-bond donors (Lipinski definition) is 3. The van der Waals surface area contributed by atoms with Crippen LogP contribution < -0.4 is 10.6 Å². The number of alkyl carbamates (subject to hydrolysis) is 1. The number of rotatable bonds is 6. The van der Waals surface area contributed by atoms with Crippen LogP contribution in [0.5, 0.6) is 0 Å². The van der Waals surface area contributed by atoms with Crippen molar-refractivity contribution in [3.63, 3.8) is 0 Å². The summed E-state index contributed by atoms with van der Waals surface area (Å²) < 4.78 is 5.52. The number of hydrogen-bond acceptors (Lipinski definition) is 4. The Morgan fingerprint density at radius 1 is 0.968 bits per heavy atom. The highest BCUT2D eigenvalue weighted by atomic mass is 16.5. The molecule has 7 heteroatoms. The molecule has 2 amide bonds. The van der Waals surface area contributed by atoms with Gasteiger partial charge in [0.25, 0.3) is 0 Å². The molecule has 7 nitrogen and oxygen atoms in total. The maximum absolute atomic E-state index is 12.6. The molecule has 0 heterocycles. The van der Waals surface area contributed by atoms with Crippen LogP contribution in [0.4, 0.5) is 4.79 Å². The third kappa shape index (κ3) is 4.87. The van der Waals surface area contributed by atoms with E-state index in [1.807, 2.05) is 36.4 Å². The molecule has 2 aromatic carbocycles. The van der Waals surface area contributed by atoms with E-state index in [2.05, 4.69) is 22.8 Å². The van der Waals surface area contributed by atoms with Crippen molar-refractivity contribution in [1.29, 1.82) is 0 Å². The molecule has 1 aliphatic rings. The Balaban J connectivity index is 1.70. The first-order chi connectivity index (χ1) is 14.6. The molecule has 3 rings (SSSR count). The molecule has 0 fully saturated rings. The van der Waals surface area contributed by atoms with E-state index in [9.17, 15) is 14.4 Å². The zero-order valence-corrected chi connectivity index (χ0v) is 18.1. The van der Waals surface area contributed by atoms with Crippen molar-refractivity contribution in [2.24, 2.45) is 5.41 Å². The fraction of sp³-hybridized carbons (Fsp3) is 0.375. The van der Waals surface area contributed by atoms with Gasteiger partial charge in [0.1, 0.15) is 18.7 Å². The molecule has 0 saturated heterocycles. The molecule has 0 spiro atoms. The van der Waals surface area contributed by atoms with Gasteiger partial charge in [0.2, 0.25) is 5.91 Å². The summed E-state index contributed by atoms with van der Waals surface area (Å²) in [5.74, 6) is -1.81. The van der Waals surface area contributed by atoms with Gasteiger partial charge in [-0.15, -0.1) is 0 Å². The van der Waals surface area contributed by atoms with E-state index in [-0.39, 0.29) is 12.5 Å². The maximum Gasteiger partial charge on any atom is 0.407 e. The number of ether oxygens (including phenoxy) is 1. The molecule has 1 unspecified atom stereocenters. The number of carboxylic acids is 1. The molecule has 31 heavy (non-hydrogen) atoms. The number of benzene rings is 2. The molecule has 3 N–H and O–H groups in total. The predicted molar refractivity (Wildman–Crippen MR) is 117 cm³/mol. The van der Waals surface area contributed by atoms with Gasteiger partial charge in [-0.05, 0) is 34.6 Å². The van der Waals surface area contributed by atoms with Gasteiger partial charge in [-0.3, -0.25) is 9.59 Å². The summed E-state index contributed by atoms with van der Waals surface area (Å²) in [5, 5.41) is 14.0. The van der Waals surface area contributed by atoms with Crippen LogP contribution in [0.15, 0.2) is 48.5 Å². The van der Waals surface area contributed by atoms with E-state index < -0.39 is 35.5 Å². The third-order valence-electron chi connectivity index (χ3n) is 5.46. The van der Waals surface area contributed by atoms with Gasteiger partial charge in [-0.25, -0.2) is 4.79 Å². The van der Waals surface area contributed by atoms with Crippen LogP contribution in [0.1, 0.15) is 44.7 Å². The lowest BCUT2D eigenvalue weighted by molar-refractivity contribution is -0.142. The fourth-order valence-electron chi connectivity index (χ4n) is 3.79. The van der Waals surface area contributed by atoms with E-state index in [4.69, 9.17) is 9.84 Å². The Morgan fingerprint density at radius 3 is 1.97 bits per heavy atom. The molecule has 2 aromatic rings. The van der Waals surface area contributed by atoms with Gasteiger partial charge in [0.15, 0.2) is 0 Å². The quantitative estimate of drug-likeness (QED) is 0.658. The Hall–Kier alpha value is -3.35. The second-order valence-electron chi connectivity index (χ2n) is 8.84. The summed E-state index contributed by atoms with van der Waals surface area (Å²) in [6.45, 7) is 6.85. The van der Waals surface area contributed by atoms with Crippen LogP contribution in [0.25, 0.3) is 11.1 Å². The lowest BCUT2D eigenvalue weighted by Crippen LogP contribution is -2.56. The molecule has 1 aliphatic carbocycles. The van der Waals surface area contributed by atoms with Gasteiger partial charge >= 0.3 is 12.1 Å². The number of carboxylic acid groups (broad SMARTS) is 1. The van der Waals surface area contributed by atoms with Crippen LogP contribution >= 0.6 is 0 Å². The molecular weight excluding hydrogens is 396 g/mol. The Kier molecular flexibility index (Phi) is 6.34. The largest absolute Gasteiger partial charge is 0.480 e. The lowest BCUT2D eigenvalue weighted by Gasteiger charge is -2.30. The lowest BCUT2D eigenvalue weighted by atomic mass is 9.86. The van der Waals surface area contributed by atoms with Crippen molar-refractivity contribution < 1.29 is 24.2 Å². The van der Waals surface area contributed by atoms with Crippen LogP contribution in [-0.4, -0.2) is 41.8 Å². The van der Waals surface area contributed by atoms with E-state index in [0.29, 0.717) is 0 Å². The fourth-order valence-corrected chi connectivity index (χ4v) is 3.79. The zero-order chi connectivity index (χ0) is 22.8. The molecule has 164 valence electrons. The standard InChI is InChI=1S/C24H28N2O5/c1-14(22(28)29)25-21(27)20(24(2,3)4)26-23(30)31-13-19-17-11-7-5-9-15(17)16-10-6-8-12-18(16)19/h5-12,14,19-20H,13H2,1-4H3,(H,25,27)(H,26,30)(H,28,29)/t14?,20-/m1/s1. The third-order valence-corrected chi connectivity index (χ3v) is 5.46. The molecular formula is C24H28N2O5. The zero-order valence-electron chi connectivity index (χ0n) is 18.1. The molecule has 0 aliphatic heterocycles. The molecule has 0 saturated carbocycles. The van der Waals surface area contributed by atoms with Crippen LogP contribution in [0, 0.1) is 5.41 Å². The van der Waals surface area contributed by atoms with E-state index >= 15 is 0 Å². The van der Waals surface area contributed by atoms with E-state index in [0.717, 1.165) is 22.3 Å². The molecule has 0 aromatic heterocycles. The maximum atomic E-state index is 12.6. The topological polar surface area (TPSA) is 105 Å². The first-order valence-electron chi connectivity index (χ1n) is 10.2. The first kappa shape index (κ1) is 22.3. The summed E-state index contributed by atoms with van der Waals surface area (Å²) in [6, 6.07) is 14.0. The highest BCUT2D eigenvalue weighted by molar-refractivity contribution is 5.89. The smallest absolute Gasteiger partial charge is 0.407 e. The summed E-state index contributed by atoms with van der Waals surface area (Å²) in [6.07, 6.45) is -0.722. The minimum atomic E-state index is -1.15. The number of nitrogens with one attached hydrogen (secondary N) is 2. The monoisotopic (exact) mass is 424 g/mol. The van der Waals surface area contributed by atoms with Crippen molar-refractivity contribution in [3.8, 4) is 11.1 Å². The Bertz CT molecular complexity index is 950. The van der Waals surface area contributed by atoms with Gasteiger partial charge in [-0.1, -0.05) is 69.3 Å². The number of aliphatic carboxylic acids is 1. The number of carbonyl (C=O) groups excluding carboxylic acids is 2. The van der Waals surface area contributed by atoms with Gasteiger partial charge in [0, 0.05) is 5.92 Å². The summed E-state index contributed by atoms with van der Waals surface area (Å²) in [7, 11) is 0. The minimum absolute atomic E-state index is 0.0907. The minimum Gasteiger partial charge on any atom is -0.480 e. The predicted octanol–water partition coefficient (Wildman–Crippen LogP) is 3.53. The summed E-state index contributed by atoms with van der Waals surface area (Å²) >= 11 is 0. The van der Waals surface area contributed by atoms with Crippen LogP contribution in [-0.2, 0) is 14.3 Å². The highest BCUT2D eigenvalue weighted by Crippen LogP contribution is 2.44. The van der Waals surface area contributed by atoms with Crippen LogP contribution in [0.2, 0.25) is 0 Å². The van der Waals surface area contributed by atoms with E-state index in [1.165, 1.54) is 6.92 Å². The van der Waals surface area contributed by atoms with Crippen molar-refractivity contribution in [3.05, 3.63) is 59.7 Å². The summed E-state index contributed by atoms with van der Waals surface area (Å²) in [5.41, 5.74) is 3.80. The molecule has 0 bridgehead atoms. The SMILES string of the molecule is CC(NC(=O)[C@@H](NC(=O)OCC1c2ccccc2-c2ccccc21)C(C)(C)C)C(=O)O. The number of fused-ring (bicyclic) bond motifs is 3. The Labute approximate surface area is 181 Å². The van der Waals surface area contributed by atoms with Crippen LogP contribution in [0.3, 0.4) is 0 Å². The highest BCUT2D eigenvalue weighted by Gasteiger charge is 2.35. The average molecular weight is 424 g/mol. The Morgan fingerprint density at radius 2 is 1.48 bits per heavy atom. The number of amides is 2. The second-order valence-corrected chi connectivity index (χ2v) is 8.84. The van der Waals surface area contributed by atoms with Crippen molar-refractivity contribution in [1.82, 2.24) is 10.6 Å².